The maximum Gasteiger partial charge on any atom is 0.459 e. The fraction of sp³-hybridized carbons (Fsp3) is 0.423. The van der Waals surface area contributed by atoms with E-state index in [0.717, 1.165) is 11.6 Å². The van der Waals surface area contributed by atoms with Gasteiger partial charge >= 0.3 is 19.4 Å². The molecule has 1 saturated heterocycles. The lowest BCUT2D eigenvalue weighted by atomic mass is 9.96. The Morgan fingerprint density at radius 2 is 1.91 bits per heavy atom. The number of anilines is 1. The number of aliphatic hydroxyl groups is 2. The van der Waals surface area contributed by atoms with Crippen LogP contribution in [0.3, 0.4) is 0 Å². The minimum Gasteiger partial charge on any atom is -0.462 e. The van der Waals surface area contributed by atoms with E-state index in [4.69, 9.17) is 35.9 Å². The van der Waals surface area contributed by atoms with Crippen molar-refractivity contribution in [3.8, 4) is 5.75 Å². The Labute approximate surface area is 249 Å². The fourth-order valence-corrected chi connectivity index (χ4v) is 5.97. The molecule has 3 aromatic rings. The molecule has 1 aliphatic heterocycles. The first-order chi connectivity index (χ1) is 20.2. The van der Waals surface area contributed by atoms with Crippen LogP contribution in [0.1, 0.15) is 27.0 Å². The number of ether oxygens (including phenoxy) is 2. The van der Waals surface area contributed by atoms with Crippen molar-refractivity contribution in [1.29, 1.82) is 0 Å². The quantitative estimate of drug-likeness (QED) is 0.177. The number of nitrogens with two attached hydrogens (primary N) is 1. The maximum absolute atomic E-state index is 14.6. The van der Waals surface area contributed by atoms with Crippen LogP contribution in [0.4, 0.5) is 14.6 Å². The number of nitrogens with one attached hydrogen (secondary N) is 1. The number of esters is 1. The van der Waals surface area contributed by atoms with E-state index in [0.29, 0.717) is 9.95 Å². The summed E-state index contributed by atoms with van der Waals surface area (Å²) in [7, 11) is -4.74. The molecule has 0 amide bonds. The molecule has 1 aromatic heterocycles. The molecule has 0 bridgehead atoms. The van der Waals surface area contributed by atoms with Gasteiger partial charge in [0.25, 0.3) is 6.43 Å². The first-order valence-corrected chi connectivity index (χ1v) is 14.9. The molecule has 2 heterocycles. The summed E-state index contributed by atoms with van der Waals surface area (Å²) in [5.41, 5.74) is 1.34. The van der Waals surface area contributed by atoms with E-state index in [2.05, 4.69) is 10.1 Å². The van der Waals surface area contributed by atoms with Crippen LogP contribution in [0.25, 0.3) is 10.8 Å². The number of aliphatic hydroxyl groups excluding tert-OH is 2. The van der Waals surface area contributed by atoms with Gasteiger partial charge in [-0.05, 0) is 43.7 Å². The lowest BCUT2D eigenvalue weighted by Gasteiger charge is -2.32. The highest BCUT2D eigenvalue weighted by Gasteiger charge is 2.61. The topological polar surface area (TPSA) is 184 Å². The highest BCUT2D eigenvalue weighted by Crippen LogP contribution is 2.49. The number of aromatic nitrogens is 2. The third-order valence-corrected chi connectivity index (χ3v) is 8.41. The molecule has 2 aromatic carbocycles. The molecular weight excluding hydrogens is 617 g/mol. The summed E-state index contributed by atoms with van der Waals surface area (Å²) in [6.45, 7) is 3.13. The van der Waals surface area contributed by atoms with Crippen LogP contribution in [-0.4, -0.2) is 68.7 Å². The number of carbonyl (C=O) groups excluding carboxylic acids is 1. The zero-order chi connectivity index (χ0) is 31.7. The molecule has 0 saturated carbocycles. The van der Waals surface area contributed by atoms with Gasteiger partial charge in [0.1, 0.15) is 29.8 Å². The van der Waals surface area contributed by atoms with E-state index in [1.165, 1.54) is 19.1 Å². The van der Waals surface area contributed by atoms with Crippen LogP contribution in [0.15, 0.2) is 53.5 Å². The van der Waals surface area contributed by atoms with Crippen LogP contribution in [0, 0.1) is 0 Å². The van der Waals surface area contributed by atoms with Crippen molar-refractivity contribution in [3.05, 3.63) is 64.2 Å². The van der Waals surface area contributed by atoms with Gasteiger partial charge in [-0.15, -0.1) is 0 Å². The van der Waals surface area contributed by atoms with Gasteiger partial charge in [0.05, 0.1) is 17.7 Å². The highest BCUT2D eigenvalue weighted by molar-refractivity contribution is 7.52. The molecule has 6 atom stereocenters. The molecule has 0 aliphatic carbocycles. The number of nitrogens with zero attached hydrogens (tertiary/aromatic N) is 2. The number of halogens is 3. The van der Waals surface area contributed by atoms with Crippen molar-refractivity contribution in [3.63, 3.8) is 0 Å². The number of nitrogen functional groups attached to an aromatic ring is 1. The number of hydrogen-bond acceptors (Lipinski definition) is 11. The van der Waals surface area contributed by atoms with Gasteiger partial charge in [0.15, 0.2) is 11.8 Å². The summed E-state index contributed by atoms with van der Waals surface area (Å²) in [5.74, 6) is -1.21. The van der Waals surface area contributed by atoms with Crippen molar-refractivity contribution < 1.29 is 46.9 Å². The molecule has 43 heavy (non-hydrogen) atoms. The Bertz CT molecular complexity index is 1600. The van der Waals surface area contributed by atoms with E-state index in [1.807, 2.05) is 6.07 Å². The van der Waals surface area contributed by atoms with Crippen molar-refractivity contribution >= 4 is 41.9 Å². The van der Waals surface area contributed by atoms with Gasteiger partial charge in [0, 0.05) is 6.20 Å². The second-order valence-corrected chi connectivity index (χ2v) is 12.2. The van der Waals surface area contributed by atoms with Gasteiger partial charge in [-0.25, -0.2) is 18.1 Å². The number of alkyl halides is 2. The number of rotatable bonds is 11. The van der Waals surface area contributed by atoms with Crippen molar-refractivity contribution in [2.45, 2.75) is 63.4 Å². The van der Waals surface area contributed by atoms with Crippen LogP contribution >= 0.6 is 19.3 Å². The van der Waals surface area contributed by atoms with Gasteiger partial charge in [-0.3, -0.25) is 13.9 Å². The molecule has 13 nitrogen and oxygen atoms in total. The molecule has 0 spiro atoms. The first-order valence-electron chi connectivity index (χ1n) is 12.9. The summed E-state index contributed by atoms with van der Waals surface area (Å²) >= 11 is 5.90. The second-order valence-electron chi connectivity index (χ2n) is 10.1. The third-order valence-electron chi connectivity index (χ3n) is 6.50. The second kappa shape index (κ2) is 12.8. The lowest BCUT2D eigenvalue weighted by Crippen LogP contribution is -2.53. The van der Waals surface area contributed by atoms with Crippen molar-refractivity contribution in [1.82, 2.24) is 14.6 Å². The first kappa shape index (κ1) is 32.7. The van der Waals surface area contributed by atoms with E-state index in [9.17, 15) is 33.1 Å². The van der Waals surface area contributed by atoms with E-state index in [-0.39, 0.29) is 16.6 Å². The van der Waals surface area contributed by atoms with E-state index < -0.39 is 68.6 Å². The predicted molar refractivity (Wildman–Crippen MR) is 151 cm³/mol. The summed E-state index contributed by atoms with van der Waals surface area (Å²) in [6.07, 6.45) is -9.61. The summed E-state index contributed by atoms with van der Waals surface area (Å²) in [6, 6.07) is 10.4. The Balaban J connectivity index is 1.66. The summed E-state index contributed by atoms with van der Waals surface area (Å²) < 4.78 is 65.3. The highest BCUT2D eigenvalue weighted by atomic mass is 35.5. The van der Waals surface area contributed by atoms with E-state index in [1.54, 1.807) is 38.1 Å². The molecule has 1 fully saturated rings. The standard InChI is InChI=1S/C26H30ClF2N4O9P/c1-13(2)40-23(36)14(3)32-43(38,42-17-9-8-15-6-4-5-7-16(15)10-17)39-12-26(24(28)29)20(35)19(34)22(41-26)33-11-18(27)21(30)31-25(33)37/h4-11,13-14,19-20,22,24,34-35H,12H2,1-3H3,(H,32,38)(H2,30,31,37)/t14-,19-,20-,22+,26+,43?/m0/s1. The fourth-order valence-electron chi connectivity index (χ4n) is 4.30. The Hall–Kier alpha value is -3.17. The number of carbonyl (C=O) groups is 1. The van der Waals surface area contributed by atoms with Gasteiger partial charge in [-0.2, -0.15) is 10.1 Å². The monoisotopic (exact) mass is 646 g/mol. The molecular formula is C26H30ClF2N4O9P. The molecule has 4 rings (SSSR count). The smallest absolute Gasteiger partial charge is 0.459 e. The molecule has 1 aliphatic rings. The lowest BCUT2D eigenvalue weighted by molar-refractivity contribution is -0.192. The van der Waals surface area contributed by atoms with Gasteiger partial charge in [0.2, 0.25) is 0 Å². The predicted octanol–water partition coefficient (Wildman–Crippen LogP) is 3.02. The van der Waals surface area contributed by atoms with Crippen molar-refractivity contribution in [2.24, 2.45) is 0 Å². The maximum atomic E-state index is 14.6. The third kappa shape index (κ3) is 6.99. The Morgan fingerprint density at radius 1 is 1.23 bits per heavy atom. The number of benzene rings is 2. The van der Waals surface area contributed by atoms with Crippen LogP contribution < -0.4 is 21.0 Å². The van der Waals surface area contributed by atoms with Crippen LogP contribution in [0.5, 0.6) is 5.75 Å². The normalized spacial score (nSPS) is 24.3. The minimum atomic E-state index is -4.74. The Kier molecular flexibility index (Phi) is 9.76. The summed E-state index contributed by atoms with van der Waals surface area (Å²) in [4.78, 5) is 28.3. The number of fused-ring (bicyclic) bond motifs is 1. The van der Waals surface area contributed by atoms with Crippen LogP contribution in [-0.2, 0) is 23.4 Å². The zero-order valence-corrected chi connectivity index (χ0v) is 24.7. The molecule has 234 valence electrons. The Morgan fingerprint density at radius 3 is 2.56 bits per heavy atom. The van der Waals surface area contributed by atoms with Gasteiger partial charge < -0.3 is 29.9 Å². The number of hydrogen-bond donors (Lipinski definition) is 4. The summed E-state index contributed by atoms with van der Waals surface area (Å²) in [5, 5.41) is 25.0. The zero-order valence-electron chi connectivity index (χ0n) is 23.1. The molecule has 0 radical (unpaired) electrons. The molecule has 1 unspecified atom stereocenters. The van der Waals surface area contributed by atoms with Crippen molar-refractivity contribution in [2.75, 3.05) is 12.3 Å². The van der Waals surface area contributed by atoms with E-state index >= 15 is 0 Å². The average Bonchev–Trinajstić information content (AvgIpc) is 3.19. The molecule has 17 heteroatoms. The van der Waals surface area contributed by atoms with Gasteiger partial charge in [-0.1, -0.05) is 41.9 Å². The minimum absolute atomic E-state index is 0.00926. The largest absolute Gasteiger partial charge is 0.462 e. The van der Waals surface area contributed by atoms with Crippen LogP contribution in [0.2, 0.25) is 5.02 Å². The SMILES string of the molecule is CC(C)OC(=O)[C@H](C)NP(=O)(OC[C@@]1(C(F)F)O[C@@H](n2cc(Cl)c(N)nc2=O)[C@@H](O)[C@@H]1O)Oc1ccc2ccccc2c1. The molecule has 5 N–H and O–H groups in total. The average molecular weight is 647 g/mol.